The van der Waals surface area contributed by atoms with E-state index in [0.29, 0.717) is 22.8 Å². The lowest BCUT2D eigenvalue weighted by atomic mass is 10.1. The zero-order chi connectivity index (χ0) is 14.8. The third-order valence-electron chi connectivity index (χ3n) is 3.30. The summed E-state index contributed by atoms with van der Waals surface area (Å²) in [7, 11) is 3.10. The molecule has 0 spiro atoms. The smallest absolute Gasteiger partial charge is 0.211 e. The van der Waals surface area contributed by atoms with Crippen LogP contribution in [-0.2, 0) is 0 Å². The lowest BCUT2D eigenvalue weighted by Crippen LogP contribution is -2.05. The first-order valence-corrected chi connectivity index (χ1v) is 6.43. The first-order valence-electron chi connectivity index (χ1n) is 6.43. The standard InChI is InChI=1S/C16H14N2O3/c1-20-13-7-6-11(9-14(13)21-2)16(19)12-10-17-15-5-3-4-8-18(12)15/h3-10H,1-2H3. The summed E-state index contributed by atoms with van der Waals surface area (Å²) in [6.07, 6.45) is 3.39. The predicted molar refractivity (Wildman–Crippen MR) is 78.2 cm³/mol. The monoisotopic (exact) mass is 282 g/mol. The molecule has 5 heteroatoms. The van der Waals surface area contributed by atoms with Gasteiger partial charge in [0.15, 0.2) is 11.5 Å². The number of fused-ring (bicyclic) bond motifs is 1. The molecule has 0 fully saturated rings. The molecule has 0 aliphatic heterocycles. The highest BCUT2D eigenvalue weighted by Gasteiger charge is 2.16. The van der Waals surface area contributed by atoms with Gasteiger partial charge in [-0.05, 0) is 30.3 Å². The Morgan fingerprint density at radius 1 is 1.10 bits per heavy atom. The number of hydrogen-bond donors (Lipinski definition) is 0. The van der Waals surface area contributed by atoms with Crippen molar-refractivity contribution in [3.8, 4) is 11.5 Å². The summed E-state index contributed by atoms with van der Waals surface area (Å²) in [5.41, 5.74) is 1.78. The number of benzene rings is 1. The van der Waals surface area contributed by atoms with Gasteiger partial charge in [-0.25, -0.2) is 4.98 Å². The van der Waals surface area contributed by atoms with E-state index in [9.17, 15) is 4.79 Å². The van der Waals surface area contributed by atoms with E-state index >= 15 is 0 Å². The molecule has 2 heterocycles. The summed E-state index contributed by atoms with van der Waals surface area (Å²) in [5, 5.41) is 0. The second-order valence-corrected chi connectivity index (χ2v) is 4.47. The van der Waals surface area contributed by atoms with E-state index in [2.05, 4.69) is 4.98 Å². The second kappa shape index (κ2) is 5.28. The fourth-order valence-corrected chi connectivity index (χ4v) is 2.23. The van der Waals surface area contributed by atoms with Crippen LogP contribution < -0.4 is 9.47 Å². The van der Waals surface area contributed by atoms with Crippen LogP contribution in [0.3, 0.4) is 0 Å². The number of carbonyl (C=O) groups is 1. The molecule has 0 radical (unpaired) electrons. The topological polar surface area (TPSA) is 52.8 Å². The highest BCUT2D eigenvalue weighted by Crippen LogP contribution is 2.28. The van der Waals surface area contributed by atoms with Crippen molar-refractivity contribution in [2.75, 3.05) is 14.2 Å². The van der Waals surface area contributed by atoms with Crippen molar-refractivity contribution < 1.29 is 14.3 Å². The molecule has 0 amide bonds. The number of hydrogen-bond acceptors (Lipinski definition) is 4. The predicted octanol–water partition coefficient (Wildman–Crippen LogP) is 2.58. The molecular weight excluding hydrogens is 268 g/mol. The van der Waals surface area contributed by atoms with Crippen molar-refractivity contribution in [1.29, 1.82) is 0 Å². The Morgan fingerprint density at radius 3 is 2.67 bits per heavy atom. The minimum absolute atomic E-state index is 0.116. The van der Waals surface area contributed by atoms with E-state index in [1.807, 2.05) is 24.4 Å². The van der Waals surface area contributed by atoms with E-state index in [-0.39, 0.29) is 5.78 Å². The van der Waals surface area contributed by atoms with Crippen molar-refractivity contribution in [2.45, 2.75) is 0 Å². The largest absolute Gasteiger partial charge is 0.493 e. The van der Waals surface area contributed by atoms with Crippen LogP contribution in [0.15, 0.2) is 48.8 Å². The quantitative estimate of drug-likeness (QED) is 0.690. The Morgan fingerprint density at radius 2 is 1.90 bits per heavy atom. The lowest BCUT2D eigenvalue weighted by Gasteiger charge is -2.09. The summed E-state index contributed by atoms with van der Waals surface area (Å²) >= 11 is 0. The van der Waals surface area contributed by atoms with Crippen LogP contribution in [0.1, 0.15) is 16.1 Å². The lowest BCUT2D eigenvalue weighted by molar-refractivity contribution is 0.103. The normalized spacial score (nSPS) is 10.6. The molecule has 106 valence electrons. The van der Waals surface area contributed by atoms with Crippen LogP contribution in [0.25, 0.3) is 5.65 Å². The summed E-state index contributed by atoms with van der Waals surface area (Å²) in [6, 6.07) is 10.7. The molecule has 2 aromatic heterocycles. The second-order valence-electron chi connectivity index (χ2n) is 4.47. The van der Waals surface area contributed by atoms with E-state index in [0.717, 1.165) is 5.65 Å². The summed E-state index contributed by atoms with van der Waals surface area (Å²) in [5.74, 6) is 0.999. The van der Waals surface area contributed by atoms with Crippen LogP contribution in [0, 0.1) is 0 Å². The number of nitrogens with zero attached hydrogens (tertiary/aromatic N) is 2. The number of ether oxygens (including phenoxy) is 2. The van der Waals surface area contributed by atoms with Crippen LogP contribution in [0.2, 0.25) is 0 Å². The van der Waals surface area contributed by atoms with Crippen LogP contribution >= 0.6 is 0 Å². The fourth-order valence-electron chi connectivity index (χ4n) is 2.23. The average molecular weight is 282 g/mol. The van der Waals surface area contributed by atoms with Gasteiger partial charge in [-0.1, -0.05) is 6.07 Å². The molecule has 0 N–H and O–H groups in total. The first kappa shape index (κ1) is 13.2. The minimum atomic E-state index is -0.116. The maximum absolute atomic E-state index is 12.6. The van der Waals surface area contributed by atoms with Crippen molar-refractivity contribution in [1.82, 2.24) is 9.38 Å². The van der Waals surface area contributed by atoms with Gasteiger partial charge in [-0.15, -0.1) is 0 Å². The molecule has 0 saturated heterocycles. The van der Waals surface area contributed by atoms with E-state index in [1.54, 1.807) is 43.0 Å². The van der Waals surface area contributed by atoms with Gasteiger partial charge < -0.3 is 9.47 Å². The Labute approximate surface area is 121 Å². The molecular formula is C16H14N2O3. The number of pyridine rings is 1. The molecule has 3 aromatic rings. The number of aromatic nitrogens is 2. The molecule has 0 aliphatic carbocycles. The molecule has 0 unspecified atom stereocenters. The molecule has 1 aromatic carbocycles. The first-order chi connectivity index (χ1) is 10.2. The molecule has 0 bridgehead atoms. The highest BCUT2D eigenvalue weighted by atomic mass is 16.5. The molecule has 0 saturated carbocycles. The number of ketones is 1. The maximum atomic E-state index is 12.6. The molecule has 3 rings (SSSR count). The summed E-state index contributed by atoms with van der Waals surface area (Å²) < 4.78 is 12.2. The van der Waals surface area contributed by atoms with Crippen molar-refractivity contribution in [3.63, 3.8) is 0 Å². The van der Waals surface area contributed by atoms with Gasteiger partial charge in [0.2, 0.25) is 5.78 Å². The number of imidazole rings is 1. The minimum Gasteiger partial charge on any atom is -0.493 e. The van der Waals surface area contributed by atoms with Gasteiger partial charge in [0.25, 0.3) is 0 Å². The summed E-state index contributed by atoms with van der Waals surface area (Å²) in [4.78, 5) is 16.9. The molecule has 0 aliphatic rings. The van der Waals surface area contributed by atoms with Gasteiger partial charge in [0, 0.05) is 11.8 Å². The van der Waals surface area contributed by atoms with Crippen molar-refractivity contribution >= 4 is 11.4 Å². The SMILES string of the molecule is COc1ccc(C(=O)c2cnc3ccccn23)cc1OC. The number of rotatable bonds is 4. The maximum Gasteiger partial charge on any atom is 0.211 e. The van der Waals surface area contributed by atoms with Gasteiger partial charge in [0.05, 0.1) is 20.4 Å². The van der Waals surface area contributed by atoms with Crippen LogP contribution in [-0.4, -0.2) is 29.4 Å². The fraction of sp³-hybridized carbons (Fsp3) is 0.125. The third-order valence-corrected chi connectivity index (χ3v) is 3.30. The molecule has 5 nitrogen and oxygen atoms in total. The van der Waals surface area contributed by atoms with Crippen molar-refractivity contribution in [2.24, 2.45) is 0 Å². The van der Waals surface area contributed by atoms with E-state index < -0.39 is 0 Å². The highest BCUT2D eigenvalue weighted by molar-refractivity contribution is 6.08. The molecule has 21 heavy (non-hydrogen) atoms. The zero-order valence-corrected chi connectivity index (χ0v) is 11.7. The van der Waals surface area contributed by atoms with Crippen LogP contribution in [0.5, 0.6) is 11.5 Å². The Kier molecular flexibility index (Phi) is 3.31. The molecule has 0 atom stereocenters. The number of carbonyl (C=O) groups excluding carboxylic acids is 1. The Hall–Kier alpha value is -2.82. The average Bonchev–Trinajstić information content (AvgIpc) is 2.97. The van der Waals surface area contributed by atoms with Crippen LogP contribution in [0.4, 0.5) is 0 Å². The van der Waals surface area contributed by atoms with Gasteiger partial charge >= 0.3 is 0 Å². The van der Waals surface area contributed by atoms with Crippen molar-refractivity contribution in [3.05, 3.63) is 60.0 Å². The van der Waals surface area contributed by atoms with Gasteiger partial charge in [0.1, 0.15) is 11.3 Å². The summed E-state index contributed by atoms with van der Waals surface area (Å²) in [6.45, 7) is 0. The van der Waals surface area contributed by atoms with Gasteiger partial charge in [-0.3, -0.25) is 9.20 Å². The van der Waals surface area contributed by atoms with E-state index in [4.69, 9.17) is 9.47 Å². The third kappa shape index (κ3) is 2.23. The van der Waals surface area contributed by atoms with E-state index in [1.165, 1.54) is 0 Å². The Balaban J connectivity index is 2.06. The Bertz CT molecular complexity index is 808. The number of methoxy groups -OCH3 is 2. The zero-order valence-electron chi connectivity index (χ0n) is 11.7. The van der Waals surface area contributed by atoms with Gasteiger partial charge in [-0.2, -0.15) is 0 Å².